The fourth-order valence-electron chi connectivity index (χ4n) is 3.33. The first-order chi connectivity index (χ1) is 13.1. The van der Waals surface area contributed by atoms with E-state index in [1.54, 1.807) is 0 Å². The normalized spacial score (nSPS) is 16.1. The van der Waals surface area contributed by atoms with Crippen molar-refractivity contribution in [2.45, 2.75) is 18.5 Å². The maximum Gasteiger partial charge on any atom is 0.221 e. The molecular weight excluding hydrogens is 433 g/mol. The molecule has 3 rings (SSSR count). The van der Waals surface area contributed by atoms with Gasteiger partial charge < -0.3 is 15.8 Å². The molecule has 2 atom stereocenters. The number of halogens is 3. The first kappa shape index (κ1) is 25.7. The van der Waals surface area contributed by atoms with E-state index in [0.717, 1.165) is 24.2 Å². The Morgan fingerprint density at radius 3 is 2.28 bits per heavy atom. The second-order valence-electron chi connectivity index (χ2n) is 6.74. The Bertz CT molecular complexity index is 726. The van der Waals surface area contributed by atoms with Gasteiger partial charge in [0, 0.05) is 37.1 Å². The van der Waals surface area contributed by atoms with Crippen molar-refractivity contribution in [3.8, 4) is 0 Å². The molecule has 2 aromatic rings. The van der Waals surface area contributed by atoms with Gasteiger partial charge in [0.15, 0.2) is 0 Å². The number of hydrogen-bond acceptors (Lipinski definition) is 4. The number of morpholine rings is 1. The third-order valence-corrected chi connectivity index (χ3v) is 5.12. The summed E-state index contributed by atoms with van der Waals surface area (Å²) in [6, 6.07) is 17.3. The Morgan fingerprint density at radius 1 is 1.03 bits per heavy atom. The van der Waals surface area contributed by atoms with Crippen LogP contribution in [0.2, 0.25) is 5.02 Å². The monoisotopic (exact) mass is 459 g/mol. The third kappa shape index (κ3) is 7.78. The van der Waals surface area contributed by atoms with E-state index in [0.29, 0.717) is 24.8 Å². The number of nitrogens with two attached hydrogens (primary N) is 1. The number of nitrogens with zero attached hydrogens (tertiary/aromatic N) is 1. The maximum absolute atomic E-state index is 12.4. The lowest BCUT2D eigenvalue weighted by atomic mass is 10.0. The molecule has 2 aromatic carbocycles. The molecule has 1 aliphatic rings. The van der Waals surface area contributed by atoms with Gasteiger partial charge in [-0.3, -0.25) is 9.69 Å². The van der Waals surface area contributed by atoms with E-state index < -0.39 is 0 Å². The highest BCUT2D eigenvalue weighted by Gasteiger charge is 2.23. The Hall–Kier alpha value is -1.34. The van der Waals surface area contributed by atoms with Gasteiger partial charge in [-0.1, -0.05) is 54.1 Å². The summed E-state index contributed by atoms with van der Waals surface area (Å²) < 4.78 is 5.47. The minimum absolute atomic E-state index is 0. The Kier molecular flexibility index (Phi) is 11.6. The summed E-state index contributed by atoms with van der Waals surface area (Å²) in [4.78, 5) is 14.8. The highest BCUT2D eigenvalue weighted by molar-refractivity contribution is 6.30. The predicted octanol–water partition coefficient (Wildman–Crippen LogP) is 3.76. The van der Waals surface area contributed by atoms with Crippen LogP contribution in [0.25, 0.3) is 0 Å². The minimum atomic E-state index is -0.302. The van der Waals surface area contributed by atoms with Crippen LogP contribution < -0.4 is 11.1 Å². The van der Waals surface area contributed by atoms with Crippen molar-refractivity contribution in [2.75, 3.05) is 32.8 Å². The average Bonchev–Trinajstić information content (AvgIpc) is 2.71. The van der Waals surface area contributed by atoms with Crippen LogP contribution in [0.3, 0.4) is 0 Å². The van der Waals surface area contributed by atoms with Gasteiger partial charge in [0.25, 0.3) is 0 Å². The van der Waals surface area contributed by atoms with Gasteiger partial charge in [-0.05, 0) is 23.3 Å². The molecule has 0 aromatic heterocycles. The van der Waals surface area contributed by atoms with Crippen LogP contribution >= 0.6 is 36.4 Å². The van der Waals surface area contributed by atoms with Gasteiger partial charge >= 0.3 is 0 Å². The van der Waals surface area contributed by atoms with E-state index in [-0.39, 0.29) is 49.2 Å². The Morgan fingerprint density at radius 2 is 1.66 bits per heavy atom. The zero-order valence-corrected chi connectivity index (χ0v) is 18.5. The number of ether oxygens (including phenoxy) is 1. The van der Waals surface area contributed by atoms with Gasteiger partial charge in [-0.15, -0.1) is 24.8 Å². The summed E-state index contributed by atoms with van der Waals surface area (Å²) in [6.45, 7) is 3.62. The summed E-state index contributed by atoms with van der Waals surface area (Å²) >= 11 is 6.03. The molecule has 0 bridgehead atoms. The van der Waals surface area contributed by atoms with Crippen LogP contribution in [0, 0.1) is 0 Å². The molecule has 0 radical (unpaired) electrons. The fraction of sp³-hybridized carbons (Fsp3) is 0.381. The molecule has 1 amide bonds. The van der Waals surface area contributed by atoms with E-state index in [4.69, 9.17) is 22.1 Å². The molecule has 160 valence electrons. The van der Waals surface area contributed by atoms with Crippen LogP contribution in [0.1, 0.15) is 29.6 Å². The number of benzene rings is 2. The van der Waals surface area contributed by atoms with Crippen molar-refractivity contribution < 1.29 is 9.53 Å². The van der Waals surface area contributed by atoms with Crippen molar-refractivity contribution in [2.24, 2.45) is 5.73 Å². The average molecular weight is 461 g/mol. The molecule has 1 fully saturated rings. The second-order valence-corrected chi connectivity index (χ2v) is 7.18. The Balaban J connectivity index is 0.00000210. The SMILES string of the molecule is Cl.Cl.NC(CC(=O)NCC(c1ccc(Cl)cc1)N1CCOCC1)c1ccccc1. The van der Waals surface area contributed by atoms with Crippen molar-refractivity contribution >= 4 is 42.3 Å². The summed E-state index contributed by atoms with van der Waals surface area (Å²) in [7, 11) is 0. The van der Waals surface area contributed by atoms with Crippen LogP contribution in [-0.2, 0) is 9.53 Å². The van der Waals surface area contributed by atoms with Crippen molar-refractivity contribution in [3.05, 3.63) is 70.7 Å². The van der Waals surface area contributed by atoms with Gasteiger partial charge in [0.1, 0.15) is 0 Å². The molecular formula is C21H28Cl3N3O2. The Labute approximate surface area is 189 Å². The molecule has 0 aliphatic carbocycles. The van der Waals surface area contributed by atoms with Crippen LogP contribution in [-0.4, -0.2) is 43.7 Å². The van der Waals surface area contributed by atoms with Crippen LogP contribution in [0.5, 0.6) is 0 Å². The first-order valence-corrected chi connectivity index (χ1v) is 9.66. The first-order valence-electron chi connectivity index (χ1n) is 9.28. The molecule has 1 saturated heterocycles. The summed E-state index contributed by atoms with van der Waals surface area (Å²) in [5, 5.41) is 3.77. The van der Waals surface area contributed by atoms with Crippen LogP contribution in [0.15, 0.2) is 54.6 Å². The third-order valence-electron chi connectivity index (χ3n) is 4.87. The lowest BCUT2D eigenvalue weighted by Crippen LogP contribution is -2.44. The number of carbonyl (C=O) groups excluding carboxylic acids is 1. The summed E-state index contributed by atoms with van der Waals surface area (Å²) in [5.41, 5.74) is 8.27. The van der Waals surface area contributed by atoms with Crippen molar-refractivity contribution in [1.29, 1.82) is 0 Å². The maximum atomic E-state index is 12.4. The predicted molar refractivity (Wildman–Crippen MR) is 122 cm³/mol. The molecule has 29 heavy (non-hydrogen) atoms. The van der Waals surface area contributed by atoms with Crippen molar-refractivity contribution in [3.63, 3.8) is 0 Å². The standard InChI is InChI=1S/C21H26ClN3O2.2ClH/c22-18-8-6-17(7-9-18)20(25-10-12-27-13-11-25)15-24-21(26)14-19(23)16-4-2-1-3-5-16;;/h1-9,19-20H,10-15,23H2,(H,24,26);2*1H. The molecule has 1 heterocycles. The summed E-state index contributed by atoms with van der Waals surface area (Å²) in [5.74, 6) is -0.0430. The smallest absolute Gasteiger partial charge is 0.221 e. The van der Waals surface area contributed by atoms with Crippen LogP contribution in [0.4, 0.5) is 0 Å². The largest absolute Gasteiger partial charge is 0.379 e. The minimum Gasteiger partial charge on any atom is -0.379 e. The number of carbonyl (C=O) groups is 1. The highest BCUT2D eigenvalue weighted by atomic mass is 35.5. The van der Waals surface area contributed by atoms with E-state index in [9.17, 15) is 4.79 Å². The molecule has 1 aliphatic heterocycles. The van der Waals surface area contributed by atoms with Gasteiger partial charge in [-0.25, -0.2) is 0 Å². The topological polar surface area (TPSA) is 67.6 Å². The molecule has 2 unspecified atom stereocenters. The molecule has 8 heteroatoms. The van der Waals surface area contributed by atoms with E-state index in [1.165, 1.54) is 0 Å². The molecule has 3 N–H and O–H groups in total. The zero-order valence-electron chi connectivity index (χ0n) is 16.1. The highest BCUT2D eigenvalue weighted by Crippen LogP contribution is 2.23. The van der Waals surface area contributed by atoms with Gasteiger partial charge in [0.05, 0.1) is 19.3 Å². The van der Waals surface area contributed by atoms with Gasteiger partial charge in [-0.2, -0.15) is 0 Å². The lowest BCUT2D eigenvalue weighted by molar-refractivity contribution is -0.121. The number of rotatable bonds is 7. The number of amides is 1. The van der Waals surface area contributed by atoms with Crippen molar-refractivity contribution in [1.82, 2.24) is 10.2 Å². The van der Waals surface area contributed by atoms with Gasteiger partial charge in [0.2, 0.25) is 5.91 Å². The quantitative estimate of drug-likeness (QED) is 0.660. The molecule has 5 nitrogen and oxygen atoms in total. The summed E-state index contributed by atoms with van der Waals surface area (Å²) in [6.07, 6.45) is 0.264. The molecule has 0 spiro atoms. The zero-order chi connectivity index (χ0) is 19.1. The second kappa shape index (κ2) is 13.1. The van der Waals surface area contributed by atoms with E-state index >= 15 is 0 Å². The number of nitrogens with one attached hydrogen (secondary N) is 1. The fourth-order valence-corrected chi connectivity index (χ4v) is 3.46. The lowest BCUT2D eigenvalue weighted by Gasteiger charge is -2.35. The van der Waals surface area contributed by atoms with E-state index in [2.05, 4.69) is 10.2 Å². The molecule has 0 saturated carbocycles. The van der Waals surface area contributed by atoms with E-state index in [1.807, 2.05) is 54.6 Å². The number of hydrogen-bond donors (Lipinski definition) is 2.